The molecule has 0 unspecified atom stereocenters. The zero-order valence-electron chi connectivity index (χ0n) is 23.7. The number of furan rings is 1. The Labute approximate surface area is 186 Å². The molecule has 0 aliphatic carbocycles. The fourth-order valence-electron chi connectivity index (χ4n) is 4.03. The number of aryl methyl sites for hydroxylation is 2. The van der Waals surface area contributed by atoms with Crippen molar-refractivity contribution in [3.05, 3.63) is 84.2 Å². The van der Waals surface area contributed by atoms with Crippen molar-refractivity contribution in [2.24, 2.45) is 7.05 Å². The highest BCUT2D eigenvalue weighted by molar-refractivity contribution is 6.09. The van der Waals surface area contributed by atoms with E-state index in [1.165, 1.54) is 6.07 Å². The fourth-order valence-corrected chi connectivity index (χ4v) is 4.03. The van der Waals surface area contributed by atoms with Crippen molar-refractivity contribution in [2.45, 2.75) is 26.5 Å². The third kappa shape index (κ3) is 2.89. The van der Waals surface area contributed by atoms with E-state index in [-0.39, 0.29) is 11.4 Å². The number of fused-ring (bicyclic) bond motifs is 3. The van der Waals surface area contributed by atoms with Gasteiger partial charge in [-0.1, -0.05) is 56.2 Å². The first-order chi connectivity index (χ1) is 17.3. The minimum atomic E-state index is -3.13. The lowest BCUT2D eigenvalue weighted by atomic mass is 9.94. The van der Waals surface area contributed by atoms with Crippen LogP contribution in [0.3, 0.4) is 0 Å². The van der Waals surface area contributed by atoms with Crippen LogP contribution in [-0.4, -0.2) is 4.98 Å². The summed E-state index contributed by atoms with van der Waals surface area (Å²) in [5, 5.41) is 1.37. The van der Waals surface area contributed by atoms with E-state index < -0.39 is 19.6 Å². The maximum atomic E-state index is 8.50. The summed E-state index contributed by atoms with van der Waals surface area (Å²) in [4.78, 5) is 4.30. The molecule has 0 saturated heterocycles. The van der Waals surface area contributed by atoms with Crippen molar-refractivity contribution in [2.75, 3.05) is 0 Å². The van der Waals surface area contributed by atoms with Crippen LogP contribution >= 0.6 is 0 Å². The Bertz CT molecular complexity index is 1620. The average molecular weight is 401 g/mol. The molecule has 3 aromatic heterocycles. The van der Waals surface area contributed by atoms with Gasteiger partial charge >= 0.3 is 0 Å². The summed E-state index contributed by atoms with van der Waals surface area (Å²) in [6.07, 6.45) is 1.96. The van der Waals surface area contributed by atoms with Crippen LogP contribution in [0, 0.1) is 6.92 Å². The van der Waals surface area contributed by atoms with Gasteiger partial charge in [-0.2, -0.15) is 0 Å². The number of hydrogen-bond donors (Lipinski definition) is 0. The Morgan fingerprint density at radius 2 is 1.77 bits per heavy atom. The van der Waals surface area contributed by atoms with E-state index in [0.29, 0.717) is 11.0 Å². The molecule has 5 rings (SSSR count). The average Bonchev–Trinajstić information content (AvgIpc) is 3.20. The van der Waals surface area contributed by atoms with Gasteiger partial charge in [0.1, 0.15) is 7.05 Å². The first-order valence-electron chi connectivity index (χ1n) is 13.2. The summed E-state index contributed by atoms with van der Waals surface area (Å²) in [5.74, 6) is -2.90. The maximum Gasteiger partial charge on any atom is 0.227 e. The smallest absolute Gasteiger partial charge is 0.227 e. The van der Waals surface area contributed by atoms with Crippen LogP contribution in [0.15, 0.2) is 77.3 Å². The summed E-state index contributed by atoms with van der Waals surface area (Å²) in [6.45, 7) is -4.27. The van der Waals surface area contributed by atoms with Gasteiger partial charge in [0, 0.05) is 32.1 Å². The lowest BCUT2D eigenvalue weighted by molar-refractivity contribution is -0.659. The number of nitrogens with zero attached hydrogens (tertiary/aromatic N) is 2. The molecule has 5 aromatic rings. The van der Waals surface area contributed by atoms with Gasteiger partial charge in [0.25, 0.3) is 0 Å². The highest BCUT2D eigenvalue weighted by Crippen LogP contribution is 2.39. The second kappa shape index (κ2) is 7.10. The summed E-state index contributed by atoms with van der Waals surface area (Å²) in [6, 6.07) is 20.8. The molecule has 0 fully saturated rings. The molecule has 3 nitrogen and oxygen atoms in total. The van der Waals surface area contributed by atoms with Crippen molar-refractivity contribution >= 4 is 22.1 Å². The Balaban J connectivity index is 1.81. The van der Waals surface area contributed by atoms with E-state index in [1.54, 1.807) is 6.07 Å². The van der Waals surface area contributed by atoms with Crippen LogP contribution in [0.1, 0.15) is 40.5 Å². The molecule has 3 heteroatoms. The summed E-state index contributed by atoms with van der Waals surface area (Å²) < 4.78 is 63.6. The van der Waals surface area contributed by atoms with Gasteiger partial charge < -0.3 is 4.42 Å². The summed E-state index contributed by atoms with van der Waals surface area (Å²) in [7, 11) is 1.96. The number of hydrogen-bond acceptors (Lipinski definition) is 2. The van der Waals surface area contributed by atoms with Crippen molar-refractivity contribution in [3.8, 4) is 22.4 Å². The first kappa shape index (κ1) is 12.3. The highest BCUT2D eigenvalue weighted by Gasteiger charge is 2.25. The van der Waals surface area contributed by atoms with Crippen LogP contribution in [-0.2, 0) is 7.05 Å². The van der Waals surface area contributed by atoms with Gasteiger partial charge in [-0.05, 0) is 42.1 Å². The monoisotopic (exact) mass is 400 g/mol. The van der Waals surface area contributed by atoms with Crippen LogP contribution in [0.25, 0.3) is 44.5 Å². The first-order valence-corrected chi connectivity index (χ1v) is 9.72. The second-order valence-corrected chi connectivity index (χ2v) is 7.41. The molecule has 0 atom stereocenters. The maximum absolute atomic E-state index is 8.50. The molecule has 0 spiro atoms. The Hall–Kier alpha value is -3.46. The van der Waals surface area contributed by atoms with E-state index in [9.17, 15) is 0 Å². The lowest BCUT2D eigenvalue weighted by Crippen LogP contribution is -2.31. The van der Waals surface area contributed by atoms with Crippen molar-refractivity contribution < 1.29 is 18.6 Å². The van der Waals surface area contributed by atoms with Gasteiger partial charge in [0.15, 0.2) is 11.8 Å². The van der Waals surface area contributed by atoms with E-state index >= 15 is 0 Å². The molecule has 0 radical (unpaired) electrons. The van der Waals surface area contributed by atoms with E-state index in [0.717, 1.165) is 33.3 Å². The van der Waals surface area contributed by atoms with Gasteiger partial charge in [0.2, 0.25) is 11.4 Å². The Morgan fingerprint density at radius 1 is 0.967 bits per heavy atom. The molecule has 148 valence electrons. The standard InChI is InChI=1S/C27H25N2O/c1-17(2)23-15-14-22-21-13-12-18(3)24(26(21)30-27(22)28-23)25-20(11-8-16-29(25)4)19-9-6-5-7-10-19/h5-17H,1-4H3/q+1/i1D3,2D3,17D. The van der Waals surface area contributed by atoms with Crippen LogP contribution in [0.2, 0.25) is 0 Å². The zero-order valence-corrected chi connectivity index (χ0v) is 16.7. The van der Waals surface area contributed by atoms with Crippen molar-refractivity contribution in [1.29, 1.82) is 0 Å². The third-order valence-corrected chi connectivity index (χ3v) is 5.47. The number of aromatic nitrogens is 2. The third-order valence-electron chi connectivity index (χ3n) is 5.47. The van der Waals surface area contributed by atoms with Crippen molar-refractivity contribution in [1.82, 2.24) is 4.98 Å². The molecule has 0 amide bonds. The Morgan fingerprint density at radius 3 is 2.57 bits per heavy atom. The predicted molar refractivity (Wildman–Crippen MR) is 122 cm³/mol. The van der Waals surface area contributed by atoms with Gasteiger partial charge in [0.05, 0.1) is 11.1 Å². The molecule has 0 aliphatic heterocycles. The second-order valence-electron chi connectivity index (χ2n) is 7.41. The lowest BCUT2D eigenvalue weighted by Gasteiger charge is -2.10. The molecule has 0 bridgehead atoms. The van der Waals surface area contributed by atoms with Crippen molar-refractivity contribution in [3.63, 3.8) is 0 Å². The summed E-state index contributed by atoms with van der Waals surface area (Å²) in [5.41, 5.74) is 5.04. The minimum absolute atomic E-state index is 0.0873. The van der Waals surface area contributed by atoms with E-state index in [4.69, 9.17) is 14.0 Å². The molecular weight excluding hydrogens is 368 g/mol. The highest BCUT2D eigenvalue weighted by atomic mass is 16.3. The van der Waals surface area contributed by atoms with Crippen LogP contribution in [0.4, 0.5) is 0 Å². The number of pyridine rings is 2. The minimum Gasteiger partial charge on any atom is -0.437 e. The van der Waals surface area contributed by atoms with Crippen LogP contribution in [0.5, 0.6) is 0 Å². The molecule has 2 aromatic carbocycles. The normalized spacial score (nSPS) is 16.3. The van der Waals surface area contributed by atoms with Crippen LogP contribution < -0.4 is 4.57 Å². The topological polar surface area (TPSA) is 29.9 Å². The molecule has 30 heavy (non-hydrogen) atoms. The number of rotatable bonds is 3. The van der Waals surface area contributed by atoms with E-state index in [1.807, 2.05) is 79.3 Å². The van der Waals surface area contributed by atoms with Gasteiger partial charge in [-0.25, -0.2) is 9.55 Å². The predicted octanol–water partition coefficient (Wildman–Crippen LogP) is 6.57. The molecule has 0 N–H and O–H groups in total. The number of benzene rings is 2. The molecular formula is C27H25N2O+. The van der Waals surface area contributed by atoms with Gasteiger partial charge in [-0.15, -0.1) is 0 Å². The SMILES string of the molecule is [2H]C([2H])([2H])C([2H])(c1ccc2c(n1)oc1c(-c3c(-c4ccccc4)ccc[n+]3C)c(C)ccc12)C([2H])([2H])[2H]. The molecule has 0 saturated carbocycles. The Kier molecular flexibility index (Phi) is 2.91. The summed E-state index contributed by atoms with van der Waals surface area (Å²) >= 11 is 0. The zero-order chi connectivity index (χ0) is 26.8. The quantitative estimate of drug-likeness (QED) is 0.321. The fraction of sp³-hybridized carbons (Fsp3) is 0.185. The largest absolute Gasteiger partial charge is 0.437 e. The van der Waals surface area contributed by atoms with Gasteiger partial charge in [-0.3, -0.25) is 0 Å². The molecule has 3 heterocycles. The molecule has 0 aliphatic rings. The van der Waals surface area contributed by atoms with E-state index in [2.05, 4.69) is 4.98 Å².